The summed E-state index contributed by atoms with van der Waals surface area (Å²) in [5, 5.41) is 0. The highest BCUT2D eigenvalue weighted by Gasteiger charge is 2.26. The zero-order valence-corrected chi connectivity index (χ0v) is 25.6. The number of carbonyl (C=O) groups is 1. The van der Waals surface area contributed by atoms with Crippen LogP contribution in [0.2, 0.25) is 0 Å². The molecule has 1 aliphatic rings. The number of hydrogen-bond donors (Lipinski definition) is 0. The second-order valence-electron chi connectivity index (χ2n) is 10.7. The summed E-state index contributed by atoms with van der Waals surface area (Å²) in [6.07, 6.45) is 4.92. The van der Waals surface area contributed by atoms with Crippen molar-refractivity contribution in [1.82, 2.24) is 4.90 Å². The van der Waals surface area contributed by atoms with Crippen LogP contribution in [0.5, 0.6) is 23.0 Å². The second kappa shape index (κ2) is 15.1. The molecule has 0 N–H and O–H groups in total. The molecule has 0 aliphatic carbocycles. The van der Waals surface area contributed by atoms with Crippen LogP contribution >= 0.6 is 0 Å². The highest BCUT2D eigenvalue weighted by atomic mass is 16.5. The molecule has 6 nitrogen and oxygen atoms in total. The standard InChI is InChI=1S/C38H39NO5/c1-4-19-39-24-32(20-30-15-17-34(36(22-30)41-2)43-26-28-11-7-5-8-12-28)38(40)33(25-39)21-31-16-18-35(37(23-31)42-3)44-27-29-13-9-6-10-14-29/h5-18,20-23H,4,19,24-27H2,1-3H3. The highest BCUT2D eigenvalue weighted by molar-refractivity contribution is 6.14. The topological polar surface area (TPSA) is 57.2 Å². The van der Waals surface area contributed by atoms with E-state index in [0.29, 0.717) is 49.3 Å². The molecule has 0 atom stereocenters. The molecule has 0 spiro atoms. The fourth-order valence-corrected chi connectivity index (χ4v) is 5.24. The summed E-state index contributed by atoms with van der Waals surface area (Å²) in [5.41, 5.74) is 5.41. The van der Waals surface area contributed by atoms with Gasteiger partial charge in [-0.15, -0.1) is 0 Å². The first-order valence-electron chi connectivity index (χ1n) is 14.9. The molecule has 1 aliphatic heterocycles. The van der Waals surface area contributed by atoms with Crippen molar-refractivity contribution in [3.05, 3.63) is 130 Å². The third-order valence-electron chi connectivity index (χ3n) is 7.44. The quantitative estimate of drug-likeness (QED) is 0.159. The molecular weight excluding hydrogens is 550 g/mol. The average Bonchev–Trinajstić information content (AvgIpc) is 3.06. The maximum absolute atomic E-state index is 13.8. The zero-order chi connectivity index (χ0) is 30.7. The van der Waals surface area contributed by atoms with Gasteiger partial charge in [0.25, 0.3) is 0 Å². The van der Waals surface area contributed by atoms with Crippen molar-refractivity contribution in [2.45, 2.75) is 26.6 Å². The third kappa shape index (κ3) is 7.97. The van der Waals surface area contributed by atoms with E-state index in [-0.39, 0.29) is 5.78 Å². The van der Waals surface area contributed by atoms with Gasteiger partial charge in [-0.25, -0.2) is 0 Å². The summed E-state index contributed by atoms with van der Waals surface area (Å²) < 4.78 is 23.3. The molecule has 226 valence electrons. The van der Waals surface area contributed by atoms with Gasteiger partial charge < -0.3 is 18.9 Å². The zero-order valence-electron chi connectivity index (χ0n) is 25.6. The minimum Gasteiger partial charge on any atom is -0.493 e. The first-order chi connectivity index (χ1) is 21.6. The fourth-order valence-electron chi connectivity index (χ4n) is 5.24. The van der Waals surface area contributed by atoms with E-state index < -0.39 is 0 Å². The smallest absolute Gasteiger partial charge is 0.187 e. The Labute approximate surface area is 260 Å². The second-order valence-corrected chi connectivity index (χ2v) is 10.7. The molecule has 4 aromatic rings. The van der Waals surface area contributed by atoms with Crippen molar-refractivity contribution < 1.29 is 23.7 Å². The SMILES string of the molecule is CCCN1CC(=Cc2ccc(OCc3ccccc3)c(OC)c2)C(=O)C(=Cc2ccc(OCc3ccccc3)c(OC)c2)C1. The summed E-state index contributed by atoms with van der Waals surface area (Å²) in [7, 11) is 3.26. The number of Topliss-reactive ketones (excluding diaryl/α,β-unsaturated/α-hetero) is 1. The normalized spacial score (nSPS) is 15.4. The van der Waals surface area contributed by atoms with E-state index in [2.05, 4.69) is 11.8 Å². The first kappa shape index (κ1) is 30.6. The van der Waals surface area contributed by atoms with Crippen LogP contribution in [-0.4, -0.2) is 44.5 Å². The van der Waals surface area contributed by atoms with Gasteiger partial charge in [-0.3, -0.25) is 9.69 Å². The Balaban J connectivity index is 1.36. The largest absolute Gasteiger partial charge is 0.493 e. The molecule has 0 amide bonds. The van der Waals surface area contributed by atoms with Crippen LogP contribution in [-0.2, 0) is 18.0 Å². The van der Waals surface area contributed by atoms with Gasteiger partial charge in [0.1, 0.15) is 13.2 Å². The van der Waals surface area contributed by atoms with Gasteiger partial charge in [-0.05, 0) is 71.6 Å². The number of methoxy groups -OCH3 is 2. The molecule has 0 aromatic heterocycles. The van der Waals surface area contributed by atoms with Crippen molar-refractivity contribution in [2.24, 2.45) is 0 Å². The lowest BCUT2D eigenvalue weighted by Gasteiger charge is -2.29. The molecule has 4 aromatic carbocycles. The lowest BCUT2D eigenvalue weighted by molar-refractivity contribution is -0.113. The molecule has 0 bridgehead atoms. The van der Waals surface area contributed by atoms with Crippen molar-refractivity contribution >= 4 is 17.9 Å². The van der Waals surface area contributed by atoms with Crippen molar-refractivity contribution in [3.63, 3.8) is 0 Å². The predicted molar refractivity (Wildman–Crippen MR) is 175 cm³/mol. The lowest BCUT2D eigenvalue weighted by Crippen LogP contribution is -2.38. The van der Waals surface area contributed by atoms with E-state index in [1.54, 1.807) is 14.2 Å². The molecule has 5 rings (SSSR count). The molecule has 1 fully saturated rings. The number of likely N-dealkylation sites (tertiary alicyclic amines) is 1. The first-order valence-corrected chi connectivity index (χ1v) is 14.9. The van der Waals surface area contributed by atoms with Gasteiger partial charge in [0.05, 0.1) is 14.2 Å². The fraction of sp³-hybridized carbons (Fsp3) is 0.237. The summed E-state index contributed by atoms with van der Waals surface area (Å²) in [6.45, 7) is 5.12. The van der Waals surface area contributed by atoms with Crippen LogP contribution in [0.15, 0.2) is 108 Å². The minimum atomic E-state index is 0.0455. The summed E-state index contributed by atoms with van der Waals surface area (Å²) >= 11 is 0. The van der Waals surface area contributed by atoms with E-state index in [1.165, 1.54) is 0 Å². The molecular formula is C38H39NO5. The molecule has 1 saturated heterocycles. The van der Waals surface area contributed by atoms with Crippen LogP contribution in [0, 0.1) is 0 Å². The number of benzene rings is 4. The predicted octanol–water partition coefficient (Wildman–Crippen LogP) is 7.62. The van der Waals surface area contributed by atoms with Gasteiger partial charge in [0.2, 0.25) is 0 Å². The molecule has 0 radical (unpaired) electrons. The Morgan fingerprint density at radius 2 is 1.09 bits per heavy atom. The van der Waals surface area contributed by atoms with Crippen molar-refractivity contribution in [3.8, 4) is 23.0 Å². The van der Waals surface area contributed by atoms with E-state index in [4.69, 9.17) is 18.9 Å². The number of nitrogens with zero attached hydrogens (tertiary/aromatic N) is 1. The number of ether oxygens (including phenoxy) is 4. The van der Waals surface area contributed by atoms with E-state index >= 15 is 0 Å². The lowest BCUT2D eigenvalue weighted by atomic mass is 9.94. The summed E-state index contributed by atoms with van der Waals surface area (Å²) in [4.78, 5) is 16.1. The van der Waals surface area contributed by atoms with Crippen molar-refractivity contribution in [1.29, 1.82) is 0 Å². The minimum absolute atomic E-state index is 0.0455. The van der Waals surface area contributed by atoms with Crippen LogP contribution in [0.25, 0.3) is 12.2 Å². The number of piperidine rings is 1. The maximum atomic E-state index is 13.8. The Bertz CT molecular complexity index is 1490. The van der Waals surface area contributed by atoms with E-state index in [1.807, 2.05) is 109 Å². The summed E-state index contributed by atoms with van der Waals surface area (Å²) in [5.74, 6) is 2.62. The van der Waals surface area contributed by atoms with Crippen LogP contribution < -0.4 is 18.9 Å². The molecule has 44 heavy (non-hydrogen) atoms. The Hall–Kier alpha value is -4.81. The van der Waals surface area contributed by atoms with E-state index in [9.17, 15) is 4.79 Å². The maximum Gasteiger partial charge on any atom is 0.187 e. The van der Waals surface area contributed by atoms with Crippen LogP contribution in [0.1, 0.15) is 35.6 Å². The third-order valence-corrected chi connectivity index (χ3v) is 7.44. The molecule has 0 unspecified atom stereocenters. The number of ketones is 1. The Morgan fingerprint density at radius 3 is 1.50 bits per heavy atom. The average molecular weight is 590 g/mol. The highest BCUT2D eigenvalue weighted by Crippen LogP contribution is 2.32. The molecule has 0 saturated carbocycles. The van der Waals surface area contributed by atoms with Crippen molar-refractivity contribution in [2.75, 3.05) is 33.9 Å². The number of carbonyl (C=O) groups excluding carboxylic acids is 1. The number of rotatable bonds is 12. The van der Waals surface area contributed by atoms with E-state index in [0.717, 1.165) is 46.4 Å². The summed E-state index contributed by atoms with van der Waals surface area (Å²) in [6, 6.07) is 31.6. The Morgan fingerprint density at radius 1 is 0.636 bits per heavy atom. The molecule has 1 heterocycles. The van der Waals surface area contributed by atoms with Gasteiger partial charge in [-0.2, -0.15) is 0 Å². The monoisotopic (exact) mass is 589 g/mol. The molecule has 6 heteroatoms. The van der Waals surface area contributed by atoms with Gasteiger partial charge in [-0.1, -0.05) is 79.7 Å². The van der Waals surface area contributed by atoms with Gasteiger partial charge in [0, 0.05) is 24.2 Å². The van der Waals surface area contributed by atoms with Crippen LogP contribution in [0.4, 0.5) is 0 Å². The van der Waals surface area contributed by atoms with Gasteiger partial charge in [0.15, 0.2) is 28.8 Å². The Kier molecular flexibility index (Phi) is 10.5. The number of hydrogen-bond acceptors (Lipinski definition) is 6. The van der Waals surface area contributed by atoms with Crippen LogP contribution in [0.3, 0.4) is 0 Å². The van der Waals surface area contributed by atoms with Gasteiger partial charge >= 0.3 is 0 Å².